The molecule has 0 saturated carbocycles. The van der Waals surface area contributed by atoms with Gasteiger partial charge in [0, 0.05) is 38.4 Å². The van der Waals surface area contributed by atoms with E-state index in [0.717, 1.165) is 24.9 Å². The number of hydrogen-bond donors (Lipinski definition) is 1. The predicted octanol–water partition coefficient (Wildman–Crippen LogP) is 2.66. The number of hydrogen-bond acceptors (Lipinski definition) is 3. The molecule has 1 aromatic carbocycles. The third-order valence-electron chi connectivity index (χ3n) is 5.48. The van der Waals surface area contributed by atoms with Crippen LogP contribution >= 0.6 is 0 Å². The fourth-order valence-electron chi connectivity index (χ4n) is 3.93. The quantitative estimate of drug-likeness (QED) is 0.924. The molecule has 3 rings (SSSR count). The van der Waals surface area contributed by atoms with Crippen molar-refractivity contribution in [3.63, 3.8) is 0 Å². The van der Waals surface area contributed by atoms with E-state index >= 15 is 0 Å². The van der Waals surface area contributed by atoms with Gasteiger partial charge in [-0.2, -0.15) is 0 Å². The summed E-state index contributed by atoms with van der Waals surface area (Å²) in [5.41, 5.74) is 10.4. The van der Waals surface area contributed by atoms with Crippen LogP contribution in [-0.4, -0.2) is 38.1 Å². The fraction of sp³-hybridized carbons (Fsp3) is 0.667. The van der Waals surface area contributed by atoms with Crippen molar-refractivity contribution in [1.82, 2.24) is 4.90 Å². The topological polar surface area (TPSA) is 32.5 Å². The molecule has 0 aliphatic carbocycles. The van der Waals surface area contributed by atoms with Gasteiger partial charge in [0.1, 0.15) is 0 Å². The minimum Gasteiger partial charge on any atom is -0.374 e. The van der Waals surface area contributed by atoms with Crippen molar-refractivity contribution in [3.8, 4) is 0 Å². The van der Waals surface area contributed by atoms with Gasteiger partial charge in [-0.1, -0.05) is 26.0 Å². The molecular formula is C18H29N3. The predicted molar refractivity (Wildman–Crippen MR) is 89.7 cm³/mol. The molecule has 1 saturated heterocycles. The molecule has 2 unspecified atom stereocenters. The maximum atomic E-state index is 6.13. The molecule has 2 N–H and O–H groups in total. The first kappa shape index (κ1) is 14.9. The normalized spacial score (nSPS) is 23.9. The highest BCUT2D eigenvalue weighted by atomic mass is 15.2. The van der Waals surface area contributed by atoms with Gasteiger partial charge in [-0.05, 0) is 48.4 Å². The van der Waals surface area contributed by atoms with E-state index < -0.39 is 0 Å². The largest absolute Gasteiger partial charge is 0.374 e. The first-order valence-electron chi connectivity index (χ1n) is 8.38. The number of rotatable bonds is 4. The van der Waals surface area contributed by atoms with Gasteiger partial charge in [-0.15, -0.1) is 0 Å². The van der Waals surface area contributed by atoms with E-state index in [9.17, 15) is 0 Å². The second-order valence-electron chi connectivity index (χ2n) is 7.10. The monoisotopic (exact) mass is 287 g/mol. The minimum atomic E-state index is 0.393. The molecule has 3 nitrogen and oxygen atoms in total. The Hall–Kier alpha value is -1.06. The average Bonchev–Trinajstić information content (AvgIpc) is 3.08. The zero-order chi connectivity index (χ0) is 15.0. The zero-order valence-electron chi connectivity index (χ0n) is 13.7. The molecule has 0 radical (unpaired) electrons. The highest BCUT2D eigenvalue weighted by Crippen LogP contribution is 2.34. The summed E-state index contributed by atoms with van der Waals surface area (Å²) < 4.78 is 0. The third kappa shape index (κ3) is 2.82. The van der Waals surface area contributed by atoms with Crippen LogP contribution in [0.25, 0.3) is 0 Å². The number of fused-ring (bicyclic) bond motifs is 1. The molecule has 1 fully saturated rings. The summed E-state index contributed by atoms with van der Waals surface area (Å²) in [5.74, 6) is 1.61. The van der Waals surface area contributed by atoms with Crippen LogP contribution < -0.4 is 10.6 Å². The van der Waals surface area contributed by atoms with E-state index in [2.05, 4.69) is 48.9 Å². The molecule has 1 aromatic rings. The smallest absolute Gasteiger partial charge is 0.0470 e. The van der Waals surface area contributed by atoms with Crippen LogP contribution in [0.15, 0.2) is 18.2 Å². The van der Waals surface area contributed by atoms with Gasteiger partial charge in [0.15, 0.2) is 0 Å². The molecule has 2 atom stereocenters. The number of likely N-dealkylation sites (N-methyl/N-ethyl adjacent to an activating group) is 1. The second kappa shape index (κ2) is 5.98. The van der Waals surface area contributed by atoms with Crippen molar-refractivity contribution in [2.75, 3.05) is 38.1 Å². The van der Waals surface area contributed by atoms with Gasteiger partial charge in [0.25, 0.3) is 0 Å². The highest BCUT2D eigenvalue weighted by Gasteiger charge is 2.30. The summed E-state index contributed by atoms with van der Waals surface area (Å²) >= 11 is 0. The van der Waals surface area contributed by atoms with Gasteiger partial charge in [0.05, 0.1) is 0 Å². The molecule has 2 heterocycles. The molecule has 116 valence electrons. The van der Waals surface area contributed by atoms with Gasteiger partial charge >= 0.3 is 0 Å². The van der Waals surface area contributed by atoms with Crippen molar-refractivity contribution < 1.29 is 0 Å². The van der Waals surface area contributed by atoms with E-state index in [1.54, 1.807) is 0 Å². The lowest BCUT2D eigenvalue weighted by molar-refractivity contribution is 0.232. The van der Waals surface area contributed by atoms with Gasteiger partial charge in [-0.25, -0.2) is 0 Å². The second-order valence-corrected chi connectivity index (χ2v) is 7.10. The molecule has 21 heavy (non-hydrogen) atoms. The van der Waals surface area contributed by atoms with Crippen molar-refractivity contribution in [2.24, 2.45) is 17.6 Å². The first-order valence-corrected chi connectivity index (χ1v) is 8.38. The van der Waals surface area contributed by atoms with Crippen LogP contribution in [0.3, 0.4) is 0 Å². The third-order valence-corrected chi connectivity index (χ3v) is 5.48. The molecular weight excluding hydrogens is 258 g/mol. The lowest BCUT2D eigenvalue weighted by Crippen LogP contribution is -2.32. The summed E-state index contributed by atoms with van der Waals surface area (Å²) in [7, 11) is 2.18. The molecule has 0 spiro atoms. The van der Waals surface area contributed by atoms with Gasteiger partial charge in [-0.3, -0.25) is 4.90 Å². The highest BCUT2D eigenvalue weighted by molar-refractivity contribution is 5.58. The standard InChI is InChI=1S/C18H29N3/c1-13(2)16-7-9-21(12-16)18(11-19)14-4-5-17-15(10-14)6-8-20(17)3/h4-5,10,13,16,18H,6-9,11-12,19H2,1-3H3. The maximum absolute atomic E-state index is 6.13. The lowest BCUT2D eigenvalue weighted by atomic mass is 9.95. The van der Waals surface area contributed by atoms with E-state index in [1.807, 2.05) is 0 Å². The Labute approximate surface area is 129 Å². The van der Waals surface area contributed by atoms with Crippen molar-refractivity contribution >= 4 is 5.69 Å². The number of nitrogens with two attached hydrogens (primary N) is 1. The van der Waals surface area contributed by atoms with Crippen LogP contribution in [0.4, 0.5) is 5.69 Å². The van der Waals surface area contributed by atoms with Gasteiger partial charge in [0.2, 0.25) is 0 Å². The Morgan fingerprint density at radius 1 is 1.29 bits per heavy atom. The molecule has 2 aliphatic heterocycles. The van der Waals surface area contributed by atoms with E-state index in [0.29, 0.717) is 6.04 Å². The molecule has 3 heteroatoms. The average molecular weight is 287 g/mol. The Morgan fingerprint density at radius 2 is 2.10 bits per heavy atom. The molecule has 2 aliphatic rings. The Balaban J connectivity index is 1.78. The van der Waals surface area contributed by atoms with E-state index in [-0.39, 0.29) is 0 Å². The Bertz CT molecular complexity index is 497. The van der Waals surface area contributed by atoms with Crippen LogP contribution in [0, 0.1) is 11.8 Å². The van der Waals surface area contributed by atoms with Crippen molar-refractivity contribution in [3.05, 3.63) is 29.3 Å². The van der Waals surface area contributed by atoms with Crippen LogP contribution in [0.1, 0.15) is 37.4 Å². The molecule has 0 bridgehead atoms. The summed E-state index contributed by atoms with van der Waals surface area (Å²) in [4.78, 5) is 4.95. The summed E-state index contributed by atoms with van der Waals surface area (Å²) in [6.07, 6.45) is 2.49. The summed E-state index contributed by atoms with van der Waals surface area (Å²) in [5, 5.41) is 0. The maximum Gasteiger partial charge on any atom is 0.0470 e. The minimum absolute atomic E-state index is 0.393. The summed E-state index contributed by atoms with van der Waals surface area (Å²) in [6, 6.07) is 7.38. The number of benzene rings is 1. The van der Waals surface area contributed by atoms with Gasteiger partial charge < -0.3 is 10.6 Å². The van der Waals surface area contributed by atoms with Crippen molar-refractivity contribution in [1.29, 1.82) is 0 Å². The zero-order valence-corrected chi connectivity index (χ0v) is 13.7. The number of nitrogens with zero attached hydrogens (tertiary/aromatic N) is 2. The molecule has 0 aromatic heterocycles. The molecule has 0 amide bonds. The van der Waals surface area contributed by atoms with E-state index in [4.69, 9.17) is 5.73 Å². The van der Waals surface area contributed by atoms with E-state index in [1.165, 1.54) is 42.7 Å². The Morgan fingerprint density at radius 3 is 2.76 bits per heavy atom. The van der Waals surface area contributed by atoms with Crippen LogP contribution in [0.2, 0.25) is 0 Å². The summed E-state index contributed by atoms with van der Waals surface area (Å²) in [6.45, 7) is 8.95. The van der Waals surface area contributed by atoms with Crippen molar-refractivity contribution in [2.45, 2.75) is 32.7 Å². The first-order chi connectivity index (χ1) is 10.1. The SMILES string of the molecule is CC(C)C1CCN(C(CN)c2ccc3c(c2)CCN3C)C1. The Kier molecular flexibility index (Phi) is 4.23. The number of likely N-dealkylation sites (tertiary alicyclic amines) is 1. The lowest BCUT2D eigenvalue weighted by Gasteiger charge is -2.28. The van der Waals surface area contributed by atoms with Crippen LogP contribution in [0.5, 0.6) is 0 Å². The fourth-order valence-corrected chi connectivity index (χ4v) is 3.93. The van der Waals surface area contributed by atoms with Crippen LogP contribution in [-0.2, 0) is 6.42 Å². The number of anilines is 1.